The highest BCUT2D eigenvalue weighted by Crippen LogP contribution is 2.33. The summed E-state index contributed by atoms with van der Waals surface area (Å²) >= 11 is 1.61. The molecule has 0 spiro atoms. The zero-order chi connectivity index (χ0) is 22.7. The minimum absolute atomic E-state index is 0.111. The van der Waals surface area contributed by atoms with Crippen LogP contribution >= 0.6 is 11.3 Å². The van der Waals surface area contributed by atoms with Gasteiger partial charge in [-0.25, -0.2) is 0 Å². The van der Waals surface area contributed by atoms with Gasteiger partial charge in [-0.3, -0.25) is 9.59 Å². The maximum atomic E-state index is 13.3. The zero-order valence-electron chi connectivity index (χ0n) is 18.6. The summed E-state index contributed by atoms with van der Waals surface area (Å²) in [5.74, 6) is 1.15. The maximum Gasteiger partial charge on any atom is 0.257 e. The first kappa shape index (κ1) is 22.1. The van der Waals surface area contributed by atoms with Crippen LogP contribution in [0, 0.1) is 6.92 Å². The molecule has 1 aromatic carbocycles. The smallest absolute Gasteiger partial charge is 0.257 e. The van der Waals surface area contributed by atoms with E-state index in [4.69, 9.17) is 9.47 Å². The molecule has 6 nitrogen and oxygen atoms in total. The van der Waals surface area contributed by atoms with Crippen LogP contribution in [0.3, 0.4) is 0 Å². The molecule has 1 amide bonds. The Balaban J connectivity index is 1.71. The lowest BCUT2D eigenvalue weighted by Crippen LogP contribution is -2.34. The quantitative estimate of drug-likeness (QED) is 0.532. The number of benzene rings is 1. The van der Waals surface area contributed by atoms with E-state index in [1.165, 1.54) is 0 Å². The van der Waals surface area contributed by atoms with E-state index >= 15 is 0 Å². The van der Waals surface area contributed by atoms with Crippen molar-refractivity contribution in [3.05, 3.63) is 79.4 Å². The van der Waals surface area contributed by atoms with Gasteiger partial charge in [-0.15, -0.1) is 11.3 Å². The predicted molar refractivity (Wildman–Crippen MR) is 126 cm³/mol. The monoisotopic (exact) mass is 452 g/mol. The number of nitrogens with one attached hydrogen (secondary N) is 1. The molecule has 3 heterocycles. The Morgan fingerprint density at radius 3 is 2.72 bits per heavy atom. The molecule has 4 rings (SSSR count). The summed E-state index contributed by atoms with van der Waals surface area (Å²) in [6, 6.07) is 11.3. The van der Waals surface area contributed by atoms with Gasteiger partial charge in [0.25, 0.3) is 5.91 Å². The lowest BCUT2D eigenvalue weighted by molar-refractivity contribution is 0.0933. The van der Waals surface area contributed by atoms with Crippen LogP contribution in [0.2, 0.25) is 0 Å². The number of thiophene rings is 1. The highest BCUT2D eigenvalue weighted by molar-refractivity contribution is 7.10. The second kappa shape index (κ2) is 9.61. The molecule has 7 heteroatoms. The molecule has 1 atom stereocenters. The van der Waals surface area contributed by atoms with Crippen molar-refractivity contribution < 1.29 is 14.3 Å². The van der Waals surface area contributed by atoms with E-state index in [1.807, 2.05) is 49.6 Å². The van der Waals surface area contributed by atoms with Crippen molar-refractivity contribution >= 4 is 17.2 Å². The lowest BCUT2D eigenvalue weighted by atomic mass is 10.0. The largest absolute Gasteiger partial charge is 0.454 e. The third-order valence-electron chi connectivity index (χ3n) is 5.72. The highest BCUT2D eigenvalue weighted by Gasteiger charge is 2.23. The number of pyridine rings is 1. The highest BCUT2D eigenvalue weighted by atomic mass is 32.1. The lowest BCUT2D eigenvalue weighted by Gasteiger charge is -2.22. The number of aromatic nitrogens is 1. The van der Waals surface area contributed by atoms with Gasteiger partial charge >= 0.3 is 0 Å². The SMILES string of the molecule is CCCc1c(C(=O)N[C@H](CC)c2cccs2)c(=O)cc(C)n1Cc1ccc2c(c1)OCO2. The Hall–Kier alpha value is -3.06. The van der Waals surface area contributed by atoms with Crippen molar-refractivity contribution in [2.75, 3.05) is 6.79 Å². The Bertz CT molecular complexity index is 1170. The molecule has 0 radical (unpaired) electrons. The second-order valence-corrected chi connectivity index (χ2v) is 8.92. The molecule has 0 fully saturated rings. The number of nitrogens with zero attached hydrogens (tertiary/aromatic N) is 1. The minimum atomic E-state index is -0.307. The van der Waals surface area contributed by atoms with Crippen LogP contribution in [0.1, 0.15) is 64.9 Å². The topological polar surface area (TPSA) is 69.6 Å². The maximum absolute atomic E-state index is 13.3. The Morgan fingerprint density at radius 2 is 2.00 bits per heavy atom. The molecule has 0 saturated heterocycles. The number of amides is 1. The van der Waals surface area contributed by atoms with Crippen LogP contribution in [0.4, 0.5) is 0 Å². The van der Waals surface area contributed by atoms with Gasteiger partial charge in [-0.2, -0.15) is 0 Å². The average molecular weight is 453 g/mol. The third-order valence-corrected chi connectivity index (χ3v) is 6.70. The summed E-state index contributed by atoms with van der Waals surface area (Å²) in [5, 5.41) is 5.09. The van der Waals surface area contributed by atoms with Crippen LogP contribution in [0.15, 0.2) is 46.6 Å². The van der Waals surface area contributed by atoms with Crippen molar-refractivity contribution in [2.45, 2.75) is 52.6 Å². The minimum Gasteiger partial charge on any atom is -0.454 e. The fourth-order valence-electron chi connectivity index (χ4n) is 4.11. The first-order chi connectivity index (χ1) is 15.5. The molecule has 0 unspecified atom stereocenters. The summed E-state index contributed by atoms with van der Waals surface area (Å²) in [6.45, 7) is 6.77. The normalized spacial score (nSPS) is 13.2. The number of fused-ring (bicyclic) bond motifs is 1. The summed E-state index contributed by atoms with van der Waals surface area (Å²) in [6.07, 6.45) is 2.22. The summed E-state index contributed by atoms with van der Waals surface area (Å²) < 4.78 is 13.0. The number of hydrogen-bond donors (Lipinski definition) is 1. The van der Waals surface area contributed by atoms with E-state index in [9.17, 15) is 9.59 Å². The molecule has 168 valence electrons. The van der Waals surface area contributed by atoms with Crippen molar-refractivity contribution in [3.8, 4) is 11.5 Å². The van der Waals surface area contributed by atoms with Crippen molar-refractivity contribution in [1.29, 1.82) is 0 Å². The molecule has 3 aromatic rings. The standard InChI is InChI=1S/C25H28N2O4S/c1-4-7-19-24(25(29)26-18(5-2)23-8-6-11-32-23)20(28)12-16(3)27(19)14-17-9-10-21-22(13-17)31-15-30-21/h6,8-13,18H,4-5,7,14-15H2,1-3H3,(H,26,29)/t18-/m1/s1. The zero-order valence-corrected chi connectivity index (χ0v) is 19.5. The predicted octanol–water partition coefficient (Wildman–Crippen LogP) is 4.83. The number of ether oxygens (including phenoxy) is 2. The van der Waals surface area contributed by atoms with Crippen molar-refractivity contribution in [3.63, 3.8) is 0 Å². The molecule has 1 aliphatic rings. The number of carbonyl (C=O) groups is 1. The van der Waals surface area contributed by atoms with E-state index in [0.29, 0.717) is 13.0 Å². The molecule has 1 aliphatic heterocycles. The molecule has 32 heavy (non-hydrogen) atoms. The van der Waals surface area contributed by atoms with Gasteiger partial charge in [-0.05, 0) is 48.9 Å². The van der Waals surface area contributed by atoms with Crippen LogP contribution in [-0.4, -0.2) is 17.3 Å². The van der Waals surface area contributed by atoms with Gasteiger partial charge in [0.1, 0.15) is 5.56 Å². The van der Waals surface area contributed by atoms with Gasteiger partial charge in [0.15, 0.2) is 16.9 Å². The first-order valence-corrected chi connectivity index (χ1v) is 11.9. The molecular weight excluding hydrogens is 424 g/mol. The molecule has 0 aliphatic carbocycles. The van der Waals surface area contributed by atoms with Gasteiger partial charge in [0.05, 0.1) is 6.04 Å². The number of carbonyl (C=O) groups excluding carboxylic acids is 1. The molecular formula is C25H28N2O4S. The molecule has 2 aromatic heterocycles. The average Bonchev–Trinajstić information content (AvgIpc) is 3.46. The fourth-order valence-corrected chi connectivity index (χ4v) is 4.97. The van der Waals surface area contributed by atoms with E-state index in [0.717, 1.165) is 46.2 Å². The van der Waals surface area contributed by atoms with Crippen LogP contribution in [-0.2, 0) is 13.0 Å². The van der Waals surface area contributed by atoms with E-state index < -0.39 is 0 Å². The number of hydrogen-bond acceptors (Lipinski definition) is 5. The van der Waals surface area contributed by atoms with Crippen molar-refractivity contribution in [1.82, 2.24) is 9.88 Å². The van der Waals surface area contributed by atoms with E-state index in [2.05, 4.69) is 16.8 Å². The first-order valence-electron chi connectivity index (χ1n) is 11.0. The van der Waals surface area contributed by atoms with Gasteiger partial charge < -0.3 is 19.4 Å². The van der Waals surface area contributed by atoms with Gasteiger partial charge in [0.2, 0.25) is 6.79 Å². The molecule has 1 N–H and O–H groups in total. The summed E-state index contributed by atoms with van der Waals surface area (Å²) in [4.78, 5) is 27.4. The molecule has 0 bridgehead atoms. The van der Waals surface area contributed by atoms with Gasteiger partial charge in [0, 0.05) is 28.9 Å². The second-order valence-electron chi connectivity index (χ2n) is 7.95. The van der Waals surface area contributed by atoms with Crippen molar-refractivity contribution in [2.24, 2.45) is 0 Å². The van der Waals surface area contributed by atoms with E-state index in [-0.39, 0.29) is 29.7 Å². The number of rotatable bonds is 8. The fraction of sp³-hybridized carbons (Fsp3) is 0.360. The van der Waals surface area contributed by atoms with Crippen LogP contribution < -0.4 is 20.2 Å². The van der Waals surface area contributed by atoms with E-state index in [1.54, 1.807) is 17.4 Å². The summed E-state index contributed by atoms with van der Waals surface area (Å²) in [7, 11) is 0. The molecule has 0 saturated carbocycles. The Labute approximate surface area is 191 Å². The Kier molecular flexibility index (Phi) is 6.65. The van der Waals surface area contributed by atoms with Gasteiger partial charge in [-0.1, -0.05) is 32.4 Å². The Morgan fingerprint density at radius 1 is 1.19 bits per heavy atom. The number of aryl methyl sites for hydroxylation is 1. The van der Waals surface area contributed by atoms with Crippen LogP contribution in [0.25, 0.3) is 0 Å². The third kappa shape index (κ3) is 4.43. The van der Waals surface area contributed by atoms with Crippen LogP contribution in [0.5, 0.6) is 11.5 Å². The summed E-state index contributed by atoms with van der Waals surface area (Å²) in [5.41, 5.74) is 2.64.